The van der Waals surface area contributed by atoms with Crippen LogP contribution >= 0.6 is 12.2 Å². The molecule has 1 atom stereocenters. The first-order chi connectivity index (χ1) is 9.08. The van der Waals surface area contributed by atoms with E-state index in [0.29, 0.717) is 16.9 Å². The molecule has 1 aliphatic heterocycles. The van der Waals surface area contributed by atoms with Gasteiger partial charge in [-0.3, -0.25) is 0 Å². The highest BCUT2D eigenvalue weighted by Crippen LogP contribution is 2.23. The highest BCUT2D eigenvalue weighted by Gasteiger charge is 2.21. The second kappa shape index (κ2) is 6.30. The topological polar surface area (TPSA) is 60.2 Å². The van der Waals surface area contributed by atoms with E-state index in [2.05, 4.69) is 17.2 Å². The zero-order valence-electron chi connectivity index (χ0n) is 11.5. The maximum atomic E-state index is 5.75. The van der Waals surface area contributed by atoms with E-state index in [9.17, 15) is 0 Å². The number of pyridine rings is 1. The fourth-order valence-electron chi connectivity index (χ4n) is 2.41. The normalized spacial score (nSPS) is 18.0. The van der Waals surface area contributed by atoms with Crippen LogP contribution in [-0.2, 0) is 4.74 Å². The number of nitrogens with one attached hydrogen (secondary N) is 1. The Hall–Kier alpha value is -1.20. The molecule has 19 heavy (non-hydrogen) atoms. The number of nitrogens with zero attached hydrogens (tertiary/aromatic N) is 1. The van der Waals surface area contributed by atoms with Crippen molar-refractivity contribution < 1.29 is 4.74 Å². The maximum absolute atomic E-state index is 5.75. The highest BCUT2D eigenvalue weighted by atomic mass is 32.1. The molecule has 104 valence electrons. The van der Waals surface area contributed by atoms with Gasteiger partial charge in [0.25, 0.3) is 0 Å². The zero-order chi connectivity index (χ0) is 13.8. The number of nitrogens with two attached hydrogens (primary N) is 1. The Morgan fingerprint density at radius 2 is 2.16 bits per heavy atom. The lowest BCUT2D eigenvalue weighted by Crippen LogP contribution is -2.32. The zero-order valence-corrected chi connectivity index (χ0v) is 12.3. The number of anilines is 1. The van der Waals surface area contributed by atoms with Gasteiger partial charge < -0.3 is 15.8 Å². The lowest BCUT2D eigenvalue weighted by atomic mass is 9.93. The Kier molecular flexibility index (Phi) is 4.71. The van der Waals surface area contributed by atoms with Crippen LogP contribution in [0, 0.1) is 12.8 Å². The van der Waals surface area contributed by atoms with Gasteiger partial charge in [-0.05, 0) is 44.7 Å². The largest absolute Gasteiger partial charge is 0.389 e. The molecule has 2 heterocycles. The molecule has 3 N–H and O–H groups in total. The quantitative estimate of drug-likeness (QED) is 0.828. The van der Waals surface area contributed by atoms with Crippen LogP contribution in [0.2, 0.25) is 0 Å². The lowest BCUT2D eigenvalue weighted by Gasteiger charge is -2.29. The van der Waals surface area contributed by atoms with Crippen molar-refractivity contribution in [2.24, 2.45) is 11.7 Å². The summed E-state index contributed by atoms with van der Waals surface area (Å²) in [6.45, 7) is 5.84. The molecule has 1 fully saturated rings. The Balaban J connectivity index is 2.12. The molecule has 0 spiro atoms. The number of aryl methyl sites for hydroxylation is 1. The van der Waals surface area contributed by atoms with E-state index in [4.69, 9.17) is 22.7 Å². The second-order valence-corrected chi connectivity index (χ2v) is 5.54. The molecule has 0 saturated carbocycles. The van der Waals surface area contributed by atoms with Crippen LogP contribution in [0.1, 0.15) is 31.0 Å². The van der Waals surface area contributed by atoms with E-state index in [1.54, 1.807) is 0 Å². The Bertz CT molecular complexity index is 458. The molecule has 1 unspecified atom stereocenters. The first kappa shape index (κ1) is 14.2. The predicted octanol–water partition coefficient (Wildman–Crippen LogP) is 2.25. The number of hydrogen-bond donors (Lipinski definition) is 2. The van der Waals surface area contributed by atoms with Crippen LogP contribution in [-0.4, -0.2) is 29.2 Å². The molecule has 1 aromatic heterocycles. The summed E-state index contributed by atoms with van der Waals surface area (Å²) in [6, 6.07) is 4.20. The molecule has 1 saturated heterocycles. The summed E-state index contributed by atoms with van der Waals surface area (Å²) in [5, 5.41) is 3.47. The molecular weight excluding hydrogens is 258 g/mol. The van der Waals surface area contributed by atoms with Crippen LogP contribution in [0.15, 0.2) is 12.1 Å². The average Bonchev–Trinajstić information content (AvgIpc) is 2.39. The van der Waals surface area contributed by atoms with Gasteiger partial charge in [0, 0.05) is 24.9 Å². The van der Waals surface area contributed by atoms with Crippen molar-refractivity contribution in [1.29, 1.82) is 0 Å². The van der Waals surface area contributed by atoms with Gasteiger partial charge in [0.05, 0.1) is 5.56 Å². The van der Waals surface area contributed by atoms with Crippen molar-refractivity contribution in [2.45, 2.75) is 32.7 Å². The molecule has 0 bridgehead atoms. The number of hydrogen-bond acceptors (Lipinski definition) is 4. The van der Waals surface area contributed by atoms with Crippen molar-refractivity contribution in [2.75, 3.05) is 18.5 Å². The molecule has 2 rings (SSSR count). The summed E-state index contributed by atoms with van der Waals surface area (Å²) in [4.78, 5) is 4.90. The average molecular weight is 279 g/mol. The van der Waals surface area contributed by atoms with Gasteiger partial charge in [0.1, 0.15) is 10.8 Å². The van der Waals surface area contributed by atoms with E-state index in [-0.39, 0.29) is 0 Å². The summed E-state index contributed by atoms with van der Waals surface area (Å²) >= 11 is 5.08. The fraction of sp³-hybridized carbons (Fsp3) is 0.571. The number of rotatable bonds is 4. The summed E-state index contributed by atoms with van der Waals surface area (Å²) in [7, 11) is 0. The molecule has 0 aromatic carbocycles. The van der Waals surface area contributed by atoms with Gasteiger partial charge >= 0.3 is 0 Å². The van der Waals surface area contributed by atoms with E-state index >= 15 is 0 Å². The maximum Gasteiger partial charge on any atom is 0.136 e. The summed E-state index contributed by atoms with van der Waals surface area (Å²) in [5.41, 5.74) is 7.53. The van der Waals surface area contributed by atoms with Gasteiger partial charge in [0.2, 0.25) is 0 Å². The third-order valence-corrected chi connectivity index (χ3v) is 3.86. The molecule has 0 radical (unpaired) electrons. The third kappa shape index (κ3) is 3.64. The summed E-state index contributed by atoms with van der Waals surface area (Å²) in [6.07, 6.45) is 2.17. The van der Waals surface area contributed by atoms with Gasteiger partial charge in [-0.15, -0.1) is 0 Å². The summed E-state index contributed by atoms with van der Waals surface area (Å²) < 4.78 is 5.40. The smallest absolute Gasteiger partial charge is 0.136 e. The van der Waals surface area contributed by atoms with Crippen molar-refractivity contribution in [3.63, 3.8) is 0 Å². The molecule has 1 aliphatic rings. The monoisotopic (exact) mass is 279 g/mol. The first-order valence-electron chi connectivity index (χ1n) is 6.69. The molecule has 5 heteroatoms. The van der Waals surface area contributed by atoms with Crippen LogP contribution in [0.4, 0.5) is 5.82 Å². The highest BCUT2D eigenvalue weighted by molar-refractivity contribution is 7.80. The van der Waals surface area contributed by atoms with Crippen molar-refractivity contribution in [1.82, 2.24) is 4.98 Å². The van der Waals surface area contributed by atoms with Gasteiger partial charge in [-0.25, -0.2) is 4.98 Å². The molecule has 1 aromatic rings. The molecule has 0 amide bonds. The minimum atomic E-state index is 0.339. The van der Waals surface area contributed by atoms with Gasteiger partial charge in [-0.1, -0.05) is 12.2 Å². The second-order valence-electron chi connectivity index (χ2n) is 5.10. The number of ether oxygens (including phenoxy) is 1. The van der Waals surface area contributed by atoms with Crippen LogP contribution < -0.4 is 11.1 Å². The Morgan fingerprint density at radius 3 is 2.79 bits per heavy atom. The van der Waals surface area contributed by atoms with Crippen molar-refractivity contribution >= 4 is 23.0 Å². The molecular formula is C14H21N3OS. The standard InChI is InChI=1S/C14H21N3OS/c1-9-3-4-12(13(15)19)14(16-9)17-10(2)11-5-7-18-8-6-11/h3-4,10-11H,5-8H2,1-2H3,(H2,15,19)(H,16,17). The SMILES string of the molecule is Cc1ccc(C(N)=S)c(NC(C)C2CCOCC2)n1. The fourth-order valence-corrected chi connectivity index (χ4v) is 2.58. The van der Waals surface area contributed by atoms with Crippen molar-refractivity contribution in [3.05, 3.63) is 23.4 Å². The Labute approximate surface area is 119 Å². The Morgan fingerprint density at radius 1 is 1.47 bits per heavy atom. The lowest BCUT2D eigenvalue weighted by molar-refractivity contribution is 0.0622. The van der Waals surface area contributed by atoms with Crippen molar-refractivity contribution in [3.8, 4) is 0 Å². The minimum absolute atomic E-state index is 0.339. The number of aromatic nitrogens is 1. The summed E-state index contributed by atoms with van der Waals surface area (Å²) in [5.74, 6) is 1.40. The van der Waals surface area contributed by atoms with Crippen LogP contribution in [0.25, 0.3) is 0 Å². The first-order valence-corrected chi connectivity index (χ1v) is 7.10. The van der Waals surface area contributed by atoms with Gasteiger partial charge in [-0.2, -0.15) is 0 Å². The van der Waals surface area contributed by atoms with Crippen LogP contribution in [0.3, 0.4) is 0 Å². The van der Waals surface area contributed by atoms with E-state index in [0.717, 1.165) is 43.1 Å². The van der Waals surface area contributed by atoms with Crippen LogP contribution in [0.5, 0.6) is 0 Å². The number of thiocarbonyl (C=S) groups is 1. The third-order valence-electron chi connectivity index (χ3n) is 3.64. The predicted molar refractivity (Wildman–Crippen MR) is 81.5 cm³/mol. The van der Waals surface area contributed by atoms with E-state index in [1.807, 2.05) is 19.1 Å². The van der Waals surface area contributed by atoms with E-state index in [1.165, 1.54) is 0 Å². The van der Waals surface area contributed by atoms with E-state index < -0.39 is 0 Å². The molecule has 0 aliphatic carbocycles. The minimum Gasteiger partial charge on any atom is -0.389 e. The van der Waals surface area contributed by atoms with Gasteiger partial charge in [0.15, 0.2) is 0 Å². The molecule has 4 nitrogen and oxygen atoms in total.